The Morgan fingerprint density at radius 1 is 1.04 bits per heavy atom. The fourth-order valence-electron chi connectivity index (χ4n) is 2.49. The zero-order chi connectivity index (χ0) is 18.5. The summed E-state index contributed by atoms with van der Waals surface area (Å²) in [6, 6.07) is 15.4. The highest BCUT2D eigenvalue weighted by atomic mass is 16.6. The van der Waals surface area contributed by atoms with Gasteiger partial charge in [0.25, 0.3) is 0 Å². The maximum atomic E-state index is 12.0. The van der Waals surface area contributed by atoms with Crippen LogP contribution in [0.1, 0.15) is 11.1 Å². The van der Waals surface area contributed by atoms with E-state index in [1.807, 2.05) is 67.5 Å². The van der Waals surface area contributed by atoms with Gasteiger partial charge in [-0.25, -0.2) is 9.79 Å². The van der Waals surface area contributed by atoms with E-state index in [2.05, 4.69) is 4.99 Å². The molecule has 132 valence electrons. The highest BCUT2D eigenvalue weighted by Crippen LogP contribution is 2.21. The fraction of sp³-hybridized carbons (Fsp3) is 0.143. The molecule has 0 spiro atoms. The molecule has 2 aromatic carbocycles. The van der Waals surface area contributed by atoms with Gasteiger partial charge in [-0.2, -0.15) is 0 Å². The number of carbonyl (C=O) groups excluding carboxylic acids is 1. The average molecular weight is 348 g/mol. The first-order valence-corrected chi connectivity index (χ1v) is 8.18. The summed E-state index contributed by atoms with van der Waals surface area (Å²) in [6.07, 6.45) is 5.18. The molecule has 0 aromatic heterocycles. The summed E-state index contributed by atoms with van der Waals surface area (Å²) in [5, 5.41) is 0. The number of esters is 1. The van der Waals surface area contributed by atoms with Gasteiger partial charge < -0.3 is 14.4 Å². The summed E-state index contributed by atoms with van der Waals surface area (Å²) in [7, 11) is 5.57. The van der Waals surface area contributed by atoms with Crippen LogP contribution >= 0.6 is 0 Å². The first-order chi connectivity index (χ1) is 12.6. The Hall–Kier alpha value is -3.34. The molecular formula is C21H20N2O3. The van der Waals surface area contributed by atoms with Crippen LogP contribution in [0.5, 0.6) is 5.75 Å². The van der Waals surface area contributed by atoms with Crippen molar-refractivity contribution in [2.24, 2.45) is 4.99 Å². The molecule has 0 unspecified atom stereocenters. The van der Waals surface area contributed by atoms with Crippen LogP contribution in [0.4, 0.5) is 5.69 Å². The van der Waals surface area contributed by atoms with Gasteiger partial charge in [-0.3, -0.25) is 0 Å². The van der Waals surface area contributed by atoms with E-state index in [0.717, 1.165) is 22.6 Å². The number of carbonyl (C=O) groups is 1. The molecule has 0 fully saturated rings. The lowest BCUT2D eigenvalue weighted by Gasteiger charge is -2.11. The molecule has 5 heteroatoms. The van der Waals surface area contributed by atoms with Crippen molar-refractivity contribution in [3.8, 4) is 5.75 Å². The van der Waals surface area contributed by atoms with Gasteiger partial charge in [0.1, 0.15) is 5.75 Å². The number of hydrogen-bond donors (Lipinski definition) is 0. The van der Waals surface area contributed by atoms with Gasteiger partial charge in [-0.05, 0) is 35.9 Å². The third-order valence-corrected chi connectivity index (χ3v) is 3.89. The van der Waals surface area contributed by atoms with Gasteiger partial charge in [0, 0.05) is 31.4 Å². The molecule has 2 aromatic rings. The van der Waals surface area contributed by atoms with Crippen LogP contribution in [0.2, 0.25) is 0 Å². The zero-order valence-corrected chi connectivity index (χ0v) is 15.0. The number of ether oxygens (including phenoxy) is 2. The molecule has 0 bridgehead atoms. The van der Waals surface area contributed by atoms with E-state index in [-0.39, 0.29) is 11.6 Å². The van der Waals surface area contributed by atoms with Crippen molar-refractivity contribution in [3.05, 3.63) is 71.4 Å². The third kappa shape index (κ3) is 4.00. The van der Waals surface area contributed by atoms with Crippen LogP contribution in [-0.2, 0) is 9.53 Å². The van der Waals surface area contributed by atoms with Gasteiger partial charge in [0.2, 0.25) is 5.90 Å². The molecule has 0 N–H and O–H groups in total. The van der Waals surface area contributed by atoms with Crippen LogP contribution in [-0.4, -0.2) is 33.1 Å². The minimum Gasteiger partial charge on any atom is -0.496 e. The smallest absolute Gasteiger partial charge is 0.363 e. The number of rotatable bonds is 5. The number of benzene rings is 2. The van der Waals surface area contributed by atoms with E-state index >= 15 is 0 Å². The SMILES string of the molecule is COc1ccccc1C=CC1=NC(=Cc2ccc(N(C)C)cc2)C(=O)O1. The third-order valence-electron chi connectivity index (χ3n) is 3.89. The first-order valence-electron chi connectivity index (χ1n) is 8.18. The number of aliphatic imine (C=N–C) groups is 1. The summed E-state index contributed by atoms with van der Waals surface area (Å²) in [4.78, 5) is 18.3. The summed E-state index contributed by atoms with van der Waals surface area (Å²) < 4.78 is 10.5. The van der Waals surface area contributed by atoms with Crippen molar-refractivity contribution in [2.45, 2.75) is 0 Å². The molecule has 1 aliphatic rings. The number of anilines is 1. The van der Waals surface area contributed by atoms with Gasteiger partial charge in [0.15, 0.2) is 5.70 Å². The number of para-hydroxylation sites is 1. The summed E-state index contributed by atoms with van der Waals surface area (Å²) in [5.74, 6) is 0.545. The predicted molar refractivity (Wildman–Crippen MR) is 104 cm³/mol. The van der Waals surface area contributed by atoms with E-state index in [0.29, 0.717) is 0 Å². The molecule has 0 aliphatic carbocycles. The summed E-state index contributed by atoms with van der Waals surface area (Å²) >= 11 is 0. The highest BCUT2D eigenvalue weighted by Gasteiger charge is 2.21. The minimum absolute atomic E-state index is 0.261. The number of cyclic esters (lactones) is 1. The zero-order valence-electron chi connectivity index (χ0n) is 15.0. The van der Waals surface area contributed by atoms with Gasteiger partial charge in [0.05, 0.1) is 7.11 Å². The van der Waals surface area contributed by atoms with Crippen molar-refractivity contribution >= 4 is 29.7 Å². The normalized spacial score (nSPS) is 15.3. The Balaban J connectivity index is 1.79. The lowest BCUT2D eigenvalue weighted by atomic mass is 10.1. The maximum absolute atomic E-state index is 12.0. The second-order valence-electron chi connectivity index (χ2n) is 5.93. The van der Waals surface area contributed by atoms with Gasteiger partial charge >= 0.3 is 5.97 Å². The van der Waals surface area contributed by atoms with Gasteiger partial charge in [-0.1, -0.05) is 30.3 Å². The van der Waals surface area contributed by atoms with Crippen molar-refractivity contribution in [2.75, 3.05) is 26.1 Å². The van der Waals surface area contributed by atoms with Crippen molar-refractivity contribution in [1.29, 1.82) is 0 Å². The average Bonchev–Trinajstić information content (AvgIpc) is 3.00. The molecule has 0 saturated heterocycles. The van der Waals surface area contributed by atoms with Crippen LogP contribution in [0, 0.1) is 0 Å². The molecule has 1 aliphatic heterocycles. The predicted octanol–water partition coefficient (Wildman–Crippen LogP) is 3.77. The lowest BCUT2D eigenvalue weighted by molar-refractivity contribution is -0.129. The molecular weight excluding hydrogens is 328 g/mol. The first kappa shape index (κ1) is 17.5. The minimum atomic E-state index is -0.457. The second kappa shape index (κ2) is 7.70. The van der Waals surface area contributed by atoms with Crippen molar-refractivity contribution in [3.63, 3.8) is 0 Å². The van der Waals surface area contributed by atoms with E-state index in [1.54, 1.807) is 25.3 Å². The van der Waals surface area contributed by atoms with Crippen LogP contribution in [0.15, 0.2) is 65.3 Å². The Labute approximate surface area is 152 Å². The molecule has 0 atom stereocenters. The Morgan fingerprint density at radius 2 is 1.77 bits per heavy atom. The highest BCUT2D eigenvalue weighted by molar-refractivity contribution is 6.11. The van der Waals surface area contributed by atoms with E-state index in [1.165, 1.54) is 0 Å². The molecule has 5 nitrogen and oxygen atoms in total. The number of methoxy groups -OCH3 is 1. The van der Waals surface area contributed by atoms with E-state index < -0.39 is 5.97 Å². The number of hydrogen-bond acceptors (Lipinski definition) is 5. The summed E-state index contributed by atoms with van der Waals surface area (Å²) in [6.45, 7) is 0. The monoisotopic (exact) mass is 348 g/mol. The molecule has 0 saturated carbocycles. The summed E-state index contributed by atoms with van der Waals surface area (Å²) in [5.41, 5.74) is 3.14. The fourth-order valence-corrected chi connectivity index (χ4v) is 2.49. The van der Waals surface area contributed by atoms with E-state index in [9.17, 15) is 4.79 Å². The second-order valence-corrected chi connectivity index (χ2v) is 5.93. The Morgan fingerprint density at radius 3 is 2.46 bits per heavy atom. The largest absolute Gasteiger partial charge is 0.496 e. The molecule has 1 heterocycles. The standard InChI is InChI=1S/C21H20N2O3/c1-23(2)17-11-8-15(9-12-17)14-18-21(24)26-20(22-18)13-10-16-6-4-5-7-19(16)25-3/h4-14H,1-3H3. The van der Waals surface area contributed by atoms with Crippen molar-refractivity contribution in [1.82, 2.24) is 0 Å². The van der Waals surface area contributed by atoms with Gasteiger partial charge in [-0.15, -0.1) is 0 Å². The molecule has 3 rings (SSSR count). The molecule has 0 amide bonds. The van der Waals surface area contributed by atoms with Crippen molar-refractivity contribution < 1.29 is 14.3 Å². The quantitative estimate of drug-likeness (QED) is 0.610. The van der Waals surface area contributed by atoms with Crippen LogP contribution < -0.4 is 9.64 Å². The molecule has 0 radical (unpaired) electrons. The maximum Gasteiger partial charge on any atom is 0.363 e. The lowest BCUT2D eigenvalue weighted by Crippen LogP contribution is -2.07. The number of nitrogens with zero attached hydrogens (tertiary/aromatic N) is 2. The Bertz CT molecular complexity index is 894. The van der Waals surface area contributed by atoms with Crippen LogP contribution in [0.25, 0.3) is 12.2 Å². The Kier molecular flexibility index (Phi) is 5.17. The molecule has 26 heavy (non-hydrogen) atoms. The topological polar surface area (TPSA) is 51.1 Å². The van der Waals surface area contributed by atoms with E-state index in [4.69, 9.17) is 9.47 Å². The van der Waals surface area contributed by atoms with Crippen LogP contribution in [0.3, 0.4) is 0 Å².